The van der Waals surface area contributed by atoms with Gasteiger partial charge in [-0.2, -0.15) is 35.9 Å². The van der Waals surface area contributed by atoms with Gasteiger partial charge in [-0.25, -0.2) is 0 Å². The third-order valence-electron chi connectivity index (χ3n) is 6.07. The second-order valence-electron chi connectivity index (χ2n) is 8.59. The van der Waals surface area contributed by atoms with Crippen molar-refractivity contribution in [1.82, 2.24) is 0 Å². The van der Waals surface area contributed by atoms with E-state index in [0.717, 1.165) is 33.5 Å². The van der Waals surface area contributed by atoms with E-state index in [4.69, 9.17) is 40.2 Å². The minimum atomic E-state index is -0.826. The molecule has 0 spiro atoms. The molecule has 1 aliphatic carbocycles. The van der Waals surface area contributed by atoms with Gasteiger partial charge in [0.1, 0.15) is 0 Å². The summed E-state index contributed by atoms with van der Waals surface area (Å²) in [6.45, 7) is 6.47. The topological polar surface area (TPSA) is 0 Å². The fraction of sp³-hybridized carbons (Fsp3) is 0.156. The van der Waals surface area contributed by atoms with E-state index >= 15 is 0 Å². The molecule has 0 saturated carbocycles. The van der Waals surface area contributed by atoms with Gasteiger partial charge in [-0.3, -0.25) is 0 Å². The summed E-state index contributed by atoms with van der Waals surface area (Å²) in [7, 11) is 11.0. The summed E-state index contributed by atoms with van der Waals surface area (Å²) < 4.78 is 0. The smallest absolute Gasteiger partial charge is 0.0253 e. The molecule has 0 aromatic heterocycles. The third-order valence-corrected chi connectivity index (χ3v) is 6.70. The quantitative estimate of drug-likeness (QED) is 0.127. The Hall–Kier alpha value is -1.25. The molecule has 6 rings (SSSR count). The van der Waals surface area contributed by atoms with Crippen molar-refractivity contribution in [3.63, 3.8) is 0 Å². The van der Waals surface area contributed by atoms with E-state index in [1.807, 2.05) is 24.3 Å². The summed E-state index contributed by atoms with van der Waals surface area (Å²) in [5.74, 6) is 0. The summed E-state index contributed by atoms with van der Waals surface area (Å²) in [4.78, 5) is 0. The molecular weight excluding hydrogens is 645 g/mol. The maximum atomic E-state index is 6.32. The summed E-state index contributed by atoms with van der Waals surface area (Å²) >= 11 is 11.8. The molecule has 0 unspecified atom stereocenters. The second kappa shape index (κ2) is 16.1. The second-order valence-corrected chi connectivity index (χ2v) is 14.1. The summed E-state index contributed by atoms with van der Waals surface area (Å²) in [5, 5.41) is 3.85. The first-order valence-electron chi connectivity index (χ1n) is 12.2. The van der Waals surface area contributed by atoms with Gasteiger partial charge in [0.25, 0.3) is 0 Å². The van der Waals surface area contributed by atoms with Crippen LogP contribution in [0.5, 0.6) is 0 Å². The molecule has 5 aromatic carbocycles. The summed E-state index contributed by atoms with van der Waals surface area (Å²) in [6.07, 6.45) is 2.08. The number of aryl methyl sites for hydroxylation is 1. The van der Waals surface area contributed by atoms with Crippen LogP contribution in [-0.2, 0) is 33.7 Å². The first-order valence-corrected chi connectivity index (χ1v) is 21.3. The van der Waals surface area contributed by atoms with Crippen LogP contribution in [0.2, 0.25) is 23.1 Å². The number of fused-ring (bicyclic) bond motifs is 4. The molecule has 0 fully saturated rings. The third kappa shape index (κ3) is 7.91. The summed E-state index contributed by atoms with van der Waals surface area (Å²) in [5.41, 5.74) is 8.87. The molecule has 6 heteroatoms. The predicted molar refractivity (Wildman–Crippen MR) is 167 cm³/mol. The van der Waals surface area contributed by atoms with Crippen LogP contribution in [0.4, 0.5) is 0 Å². The fourth-order valence-electron chi connectivity index (χ4n) is 4.47. The van der Waals surface area contributed by atoms with Crippen LogP contribution in [0.3, 0.4) is 0 Å². The molecule has 192 valence electrons. The number of rotatable bonds is 2. The van der Waals surface area contributed by atoms with E-state index in [9.17, 15) is 0 Å². The first kappa shape index (κ1) is 31.3. The molecule has 0 atom stereocenters. The van der Waals surface area contributed by atoms with E-state index in [1.165, 1.54) is 38.6 Å². The molecule has 0 amide bonds. The molecular formula is C32H28Cl4SiZr. The van der Waals surface area contributed by atoms with Crippen LogP contribution in [-0.4, -0.2) is 9.52 Å². The Kier molecular flexibility index (Phi) is 13.3. The van der Waals surface area contributed by atoms with Crippen LogP contribution in [0.15, 0.2) is 91.0 Å². The summed E-state index contributed by atoms with van der Waals surface area (Å²) in [6, 6.07) is 34.5. The number of hydrogen-bond acceptors (Lipinski definition) is 0. The zero-order valence-corrected chi connectivity index (χ0v) is 28.1. The average molecular weight is 674 g/mol. The van der Waals surface area contributed by atoms with Crippen molar-refractivity contribution in [1.29, 1.82) is 0 Å². The van der Waals surface area contributed by atoms with Crippen molar-refractivity contribution >= 4 is 60.5 Å². The minimum absolute atomic E-state index is 0.694. The number of hydrogen-bond donors (Lipinski definition) is 0. The standard InChI is InChI=1S/C17H13Cl2.C13H9.C2H6Si.2ClH.Zr/c1-2-11-9-12-5-3-6-13(14(12)10-11)17-15(18)7-4-8-16(17)19;1-3-7-12-10(5-1)9-11-6-2-4-8-13(11)12;1-3-2;;;/h3-10H,2H2,1H3;1-5,7-8H,9H2;1-2H3;2*1H;/q2*-1;;;;+4/p-2. The molecule has 1 aliphatic rings. The molecule has 0 N–H and O–H groups in total. The normalized spacial score (nSPS) is 10.5. The van der Waals surface area contributed by atoms with Crippen LogP contribution in [0.1, 0.15) is 23.6 Å². The Morgan fingerprint density at radius 1 is 0.842 bits per heavy atom. The number of benzene rings is 4. The van der Waals surface area contributed by atoms with Crippen molar-refractivity contribution in [2.75, 3.05) is 0 Å². The Labute approximate surface area is 258 Å². The molecule has 0 heterocycles. The Morgan fingerprint density at radius 2 is 1.45 bits per heavy atom. The average Bonchev–Trinajstić information content (AvgIpc) is 3.52. The van der Waals surface area contributed by atoms with Gasteiger partial charge >= 0.3 is 37.9 Å². The van der Waals surface area contributed by atoms with Crippen molar-refractivity contribution < 1.29 is 20.8 Å². The zero-order valence-electron chi connectivity index (χ0n) is 21.6. The predicted octanol–water partition coefficient (Wildman–Crippen LogP) is 11.3. The van der Waals surface area contributed by atoms with E-state index in [1.54, 1.807) is 0 Å². The van der Waals surface area contributed by atoms with Gasteiger partial charge in [-0.15, -0.1) is 40.1 Å². The van der Waals surface area contributed by atoms with Gasteiger partial charge in [0.05, 0.1) is 0 Å². The van der Waals surface area contributed by atoms with Gasteiger partial charge in [-0.1, -0.05) is 96.3 Å². The van der Waals surface area contributed by atoms with Crippen molar-refractivity contribution in [2.45, 2.75) is 32.9 Å². The van der Waals surface area contributed by atoms with Crippen LogP contribution in [0, 0.1) is 6.07 Å². The molecule has 0 bridgehead atoms. The van der Waals surface area contributed by atoms with Crippen LogP contribution in [0.25, 0.3) is 33.0 Å². The molecule has 2 radical (unpaired) electrons. The van der Waals surface area contributed by atoms with Gasteiger partial charge in [-0.05, 0) is 25.0 Å². The maximum Gasteiger partial charge on any atom is -0.0253 e. The monoisotopic (exact) mass is 670 g/mol. The van der Waals surface area contributed by atoms with Gasteiger partial charge in [0.2, 0.25) is 0 Å². The molecule has 5 aromatic rings. The number of halogens is 4. The van der Waals surface area contributed by atoms with E-state index in [2.05, 4.69) is 92.8 Å². The van der Waals surface area contributed by atoms with Crippen molar-refractivity contribution in [3.8, 4) is 22.3 Å². The minimum Gasteiger partial charge on any atom is -0.179 e. The van der Waals surface area contributed by atoms with Crippen molar-refractivity contribution in [2.24, 2.45) is 0 Å². The van der Waals surface area contributed by atoms with Gasteiger partial charge in [0.15, 0.2) is 0 Å². The van der Waals surface area contributed by atoms with E-state index in [0.29, 0.717) is 10.0 Å². The van der Waals surface area contributed by atoms with Crippen LogP contribution >= 0.6 is 40.2 Å². The fourth-order valence-corrected chi connectivity index (χ4v) is 5.07. The van der Waals surface area contributed by atoms with Crippen molar-refractivity contribution in [3.05, 3.63) is 124 Å². The van der Waals surface area contributed by atoms with Gasteiger partial charge < -0.3 is 0 Å². The molecule has 0 saturated heterocycles. The Bertz CT molecular complexity index is 1400. The maximum absolute atomic E-state index is 6.32. The van der Waals surface area contributed by atoms with Gasteiger partial charge in [0, 0.05) is 25.1 Å². The Balaban J connectivity index is 0.000000182. The van der Waals surface area contributed by atoms with Crippen LogP contribution < -0.4 is 0 Å². The zero-order chi connectivity index (χ0) is 27.5. The van der Waals surface area contributed by atoms with E-state index in [-0.39, 0.29) is 0 Å². The van der Waals surface area contributed by atoms with E-state index < -0.39 is 20.8 Å². The molecule has 0 nitrogen and oxygen atoms in total. The SMILES string of the molecule is CCc1cc2c(-c3c(Cl)cccc3Cl)cccc2[cH-]1.C[Si]C.[Cl][Zr+2][Cl].[c-]1cccc2c1Cc1ccccc1-2. The molecule has 0 aliphatic heterocycles. The molecule has 38 heavy (non-hydrogen) atoms. The first-order chi connectivity index (χ1) is 18.5. The largest absolute Gasteiger partial charge is 0.179 e. The Morgan fingerprint density at radius 3 is 2.13 bits per heavy atom.